The normalized spacial score (nSPS) is 15.9. The van der Waals surface area contributed by atoms with Crippen molar-refractivity contribution in [3.8, 4) is 6.07 Å². The van der Waals surface area contributed by atoms with Crippen LogP contribution in [-0.2, 0) is 0 Å². The molecule has 1 fully saturated rings. The minimum Gasteiger partial charge on any atom is -0.292 e. The van der Waals surface area contributed by atoms with Crippen molar-refractivity contribution in [2.45, 2.75) is 52.1 Å². The summed E-state index contributed by atoms with van der Waals surface area (Å²) in [6, 6.07) is 8.43. The van der Waals surface area contributed by atoms with E-state index in [0.717, 1.165) is 24.0 Å². The van der Waals surface area contributed by atoms with Gasteiger partial charge >= 0.3 is 0 Å². The van der Waals surface area contributed by atoms with Crippen molar-refractivity contribution < 1.29 is 4.79 Å². The summed E-state index contributed by atoms with van der Waals surface area (Å²) in [5.41, 5.74) is 3.14. The molecule has 0 aliphatic heterocycles. The highest BCUT2D eigenvalue weighted by Gasteiger charge is 2.34. The second-order valence-electron chi connectivity index (χ2n) is 5.72. The van der Waals surface area contributed by atoms with E-state index < -0.39 is 0 Å². The van der Waals surface area contributed by atoms with Crippen LogP contribution in [0.3, 0.4) is 0 Å². The van der Waals surface area contributed by atoms with Gasteiger partial charge in [-0.1, -0.05) is 12.1 Å². The number of nitrogens with zero attached hydrogens (tertiary/aromatic N) is 2. The van der Waals surface area contributed by atoms with Crippen molar-refractivity contribution >= 4 is 5.78 Å². The van der Waals surface area contributed by atoms with Crippen LogP contribution in [0.15, 0.2) is 18.2 Å². The Bertz CT molecular complexity index is 540. The summed E-state index contributed by atoms with van der Waals surface area (Å²) in [5, 5.41) is 8.76. The Morgan fingerprint density at radius 2 is 2.10 bits per heavy atom. The second kappa shape index (κ2) is 6.19. The van der Waals surface area contributed by atoms with E-state index in [9.17, 15) is 4.79 Å². The molecule has 1 aliphatic rings. The number of ketones is 1. The predicted molar refractivity (Wildman–Crippen MR) is 79.7 cm³/mol. The first kappa shape index (κ1) is 14.7. The Morgan fingerprint density at radius 3 is 2.65 bits per heavy atom. The van der Waals surface area contributed by atoms with E-state index in [1.807, 2.05) is 32.0 Å². The van der Waals surface area contributed by atoms with Crippen LogP contribution >= 0.6 is 0 Å². The maximum absolute atomic E-state index is 12.6. The third-order valence-electron chi connectivity index (χ3n) is 4.17. The fourth-order valence-electron chi connectivity index (χ4n) is 2.56. The number of carbonyl (C=O) groups excluding carboxylic acids is 1. The molecule has 1 saturated carbocycles. The van der Waals surface area contributed by atoms with Crippen LogP contribution in [0.4, 0.5) is 0 Å². The maximum Gasteiger partial charge on any atom is 0.179 e. The van der Waals surface area contributed by atoms with Crippen LogP contribution in [-0.4, -0.2) is 29.3 Å². The van der Waals surface area contributed by atoms with Crippen molar-refractivity contribution in [3.05, 3.63) is 34.9 Å². The Morgan fingerprint density at radius 1 is 1.40 bits per heavy atom. The number of nitriles is 1. The summed E-state index contributed by atoms with van der Waals surface area (Å²) in [6.45, 7) is 6.74. The number of carbonyl (C=O) groups is 1. The molecule has 0 radical (unpaired) electrons. The summed E-state index contributed by atoms with van der Waals surface area (Å²) < 4.78 is 0. The average molecular weight is 270 g/mol. The lowest BCUT2D eigenvalue weighted by Gasteiger charge is -2.27. The Labute approximate surface area is 121 Å². The van der Waals surface area contributed by atoms with Crippen LogP contribution in [0.25, 0.3) is 0 Å². The average Bonchev–Trinajstić information content (AvgIpc) is 3.26. The molecule has 0 spiro atoms. The number of aryl methyl sites for hydroxylation is 2. The standard InChI is InChI=1S/C17H22N2O/c1-12-5-6-15(11-13(12)2)17(20)14(3)19(10-4-9-18)16-7-8-16/h5-6,11,14,16H,4,7-8,10H2,1-3H3. The lowest BCUT2D eigenvalue weighted by molar-refractivity contribution is 0.0829. The number of hydrogen-bond acceptors (Lipinski definition) is 3. The number of rotatable bonds is 6. The molecular formula is C17H22N2O. The van der Waals surface area contributed by atoms with Gasteiger partial charge in [-0.15, -0.1) is 0 Å². The van der Waals surface area contributed by atoms with Gasteiger partial charge in [0.2, 0.25) is 0 Å². The van der Waals surface area contributed by atoms with Crippen LogP contribution in [0.2, 0.25) is 0 Å². The maximum atomic E-state index is 12.6. The molecular weight excluding hydrogens is 248 g/mol. The molecule has 1 aliphatic carbocycles. The minimum atomic E-state index is -0.141. The predicted octanol–water partition coefficient (Wildman–Crippen LogP) is 3.25. The van der Waals surface area contributed by atoms with Gasteiger partial charge in [-0.25, -0.2) is 0 Å². The molecule has 0 bridgehead atoms. The first-order valence-electron chi connectivity index (χ1n) is 7.28. The molecule has 2 rings (SSSR count). The highest BCUT2D eigenvalue weighted by Crippen LogP contribution is 2.29. The lowest BCUT2D eigenvalue weighted by atomic mass is 9.99. The van der Waals surface area contributed by atoms with E-state index in [-0.39, 0.29) is 11.8 Å². The van der Waals surface area contributed by atoms with Gasteiger partial charge in [-0.3, -0.25) is 9.69 Å². The van der Waals surface area contributed by atoms with Crippen LogP contribution in [0, 0.1) is 25.2 Å². The SMILES string of the molecule is Cc1ccc(C(=O)C(C)N(CCC#N)C2CC2)cc1C. The van der Waals surface area contributed by atoms with Crippen LogP contribution in [0.1, 0.15) is 47.7 Å². The van der Waals surface area contributed by atoms with Gasteiger partial charge < -0.3 is 0 Å². The highest BCUT2D eigenvalue weighted by atomic mass is 16.1. The fourth-order valence-corrected chi connectivity index (χ4v) is 2.56. The van der Waals surface area contributed by atoms with Crippen molar-refractivity contribution in [1.29, 1.82) is 5.26 Å². The van der Waals surface area contributed by atoms with Crippen molar-refractivity contribution in [2.75, 3.05) is 6.54 Å². The Hall–Kier alpha value is -1.66. The van der Waals surface area contributed by atoms with Gasteiger partial charge in [0, 0.05) is 24.6 Å². The van der Waals surface area contributed by atoms with Gasteiger partial charge in [0.1, 0.15) is 0 Å². The molecule has 3 nitrogen and oxygen atoms in total. The topological polar surface area (TPSA) is 44.1 Å². The zero-order valence-electron chi connectivity index (χ0n) is 12.5. The summed E-state index contributed by atoms with van der Waals surface area (Å²) >= 11 is 0. The first-order chi connectivity index (χ1) is 9.54. The molecule has 3 heteroatoms. The third kappa shape index (κ3) is 3.26. The monoisotopic (exact) mass is 270 g/mol. The summed E-state index contributed by atoms with van der Waals surface area (Å²) in [6.07, 6.45) is 2.78. The number of Topliss-reactive ketones (excluding diaryl/α,β-unsaturated/α-hetero) is 1. The molecule has 0 aromatic heterocycles. The molecule has 1 atom stereocenters. The minimum absolute atomic E-state index is 0.141. The second-order valence-corrected chi connectivity index (χ2v) is 5.72. The van der Waals surface area contributed by atoms with Crippen molar-refractivity contribution in [2.24, 2.45) is 0 Å². The zero-order valence-corrected chi connectivity index (χ0v) is 12.5. The van der Waals surface area contributed by atoms with Gasteiger partial charge in [0.25, 0.3) is 0 Å². The first-order valence-corrected chi connectivity index (χ1v) is 7.28. The van der Waals surface area contributed by atoms with E-state index in [4.69, 9.17) is 5.26 Å². The van der Waals surface area contributed by atoms with Crippen molar-refractivity contribution in [1.82, 2.24) is 4.90 Å². The Balaban J connectivity index is 2.13. The molecule has 1 unspecified atom stereocenters. The molecule has 1 aromatic rings. The lowest BCUT2D eigenvalue weighted by Crippen LogP contribution is -2.41. The van der Waals surface area contributed by atoms with E-state index in [1.54, 1.807) is 0 Å². The van der Waals surface area contributed by atoms with E-state index in [1.165, 1.54) is 5.56 Å². The van der Waals surface area contributed by atoms with E-state index in [2.05, 4.69) is 17.9 Å². The van der Waals surface area contributed by atoms with Crippen LogP contribution in [0.5, 0.6) is 0 Å². The smallest absolute Gasteiger partial charge is 0.179 e. The molecule has 0 saturated heterocycles. The zero-order chi connectivity index (χ0) is 14.7. The Kier molecular flexibility index (Phi) is 4.57. The largest absolute Gasteiger partial charge is 0.292 e. The van der Waals surface area contributed by atoms with Crippen molar-refractivity contribution in [3.63, 3.8) is 0 Å². The number of hydrogen-bond donors (Lipinski definition) is 0. The molecule has 0 N–H and O–H groups in total. The van der Waals surface area contributed by atoms with Gasteiger partial charge in [0.05, 0.1) is 12.1 Å². The molecule has 0 amide bonds. The van der Waals surface area contributed by atoms with Crippen LogP contribution < -0.4 is 0 Å². The van der Waals surface area contributed by atoms with E-state index in [0.29, 0.717) is 19.0 Å². The summed E-state index contributed by atoms with van der Waals surface area (Å²) in [4.78, 5) is 14.8. The quantitative estimate of drug-likeness (QED) is 0.745. The van der Waals surface area contributed by atoms with Gasteiger partial charge in [-0.05, 0) is 50.8 Å². The molecule has 0 heterocycles. The fraction of sp³-hybridized carbons (Fsp3) is 0.529. The third-order valence-corrected chi connectivity index (χ3v) is 4.17. The number of benzene rings is 1. The summed E-state index contributed by atoms with van der Waals surface area (Å²) in [5.74, 6) is 0.165. The van der Waals surface area contributed by atoms with Gasteiger partial charge in [-0.2, -0.15) is 5.26 Å². The van der Waals surface area contributed by atoms with E-state index >= 15 is 0 Å². The molecule has 106 valence electrons. The molecule has 1 aromatic carbocycles. The van der Waals surface area contributed by atoms with Gasteiger partial charge in [0.15, 0.2) is 5.78 Å². The summed E-state index contributed by atoms with van der Waals surface area (Å²) in [7, 11) is 0. The molecule has 20 heavy (non-hydrogen) atoms. The highest BCUT2D eigenvalue weighted by molar-refractivity contribution is 6.00.